The zero-order chi connectivity index (χ0) is 18.2. The Morgan fingerprint density at radius 1 is 1.40 bits per heavy atom. The first-order valence-electron chi connectivity index (χ1n) is 7.75. The largest absolute Gasteiger partial charge is 0.409 e. The number of nitrogens with zero attached hydrogens (tertiary/aromatic N) is 4. The molecule has 0 bridgehead atoms. The number of hydrogen-bond acceptors (Lipinski definition) is 3. The van der Waals surface area contributed by atoms with Gasteiger partial charge in [-0.1, -0.05) is 12.6 Å². The van der Waals surface area contributed by atoms with Crippen LogP contribution >= 0.6 is 0 Å². The maximum absolute atomic E-state index is 13.0. The number of aryl methyl sites for hydroxylation is 1. The average molecular weight is 348 g/mol. The monoisotopic (exact) mass is 348 g/mol. The second-order valence-electron chi connectivity index (χ2n) is 6.27. The standard InChI is InChI=1S/C17H15F3N4O/c1-11-8-23-24(10-11)16(4-3-5-16)14(25)7-12-6-13(17(18,19)20)15(21-2)22-9-12/h6,8-10H,3-5,7H2,1H3. The van der Waals surface area contributed by atoms with Gasteiger partial charge in [-0.25, -0.2) is 0 Å². The van der Waals surface area contributed by atoms with E-state index in [-0.39, 0.29) is 17.8 Å². The van der Waals surface area contributed by atoms with Gasteiger partial charge in [0.2, 0.25) is 0 Å². The molecular weight excluding hydrogens is 333 g/mol. The summed E-state index contributed by atoms with van der Waals surface area (Å²) in [6, 6.07) is 0.846. The minimum atomic E-state index is -4.68. The van der Waals surface area contributed by atoms with Crippen LogP contribution in [0.25, 0.3) is 4.85 Å². The van der Waals surface area contributed by atoms with Gasteiger partial charge in [0.15, 0.2) is 5.78 Å². The van der Waals surface area contributed by atoms with Crippen LogP contribution in [0.4, 0.5) is 19.0 Å². The van der Waals surface area contributed by atoms with E-state index in [1.165, 1.54) is 6.20 Å². The van der Waals surface area contributed by atoms with Gasteiger partial charge in [-0.2, -0.15) is 18.3 Å². The second-order valence-corrected chi connectivity index (χ2v) is 6.27. The van der Waals surface area contributed by atoms with Gasteiger partial charge >= 0.3 is 6.18 Å². The maximum Gasteiger partial charge on any atom is 0.409 e. The quantitative estimate of drug-likeness (QED) is 0.789. The van der Waals surface area contributed by atoms with Crippen LogP contribution in [0, 0.1) is 13.5 Å². The molecule has 1 saturated carbocycles. The van der Waals surface area contributed by atoms with Gasteiger partial charge in [0, 0.05) is 18.2 Å². The maximum atomic E-state index is 13.0. The number of carbonyl (C=O) groups is 1. The van der Waals surface area contributed by atoms with Crippen molar-refractivity contribution in [2.24, 2.45) is 0 Å². The third kappa shape index (κ3) is 3.02. The number of ketones is 1. The summed E-state index contributed by atoms with van der Waals surface area (Å²) in [4.78, 5) is 19.2. The van der Waals surface area contributed by atoms with E-state index in [4.69, 9.17) is 6.57 Å². The van der Waals surface area contributed by atoms with Crippen molar-refractivity contribution < 1.29 is 18.0 Å². The zero-order valence-corrected chi connectivity index (χ0v) is 13.5. The SMILES string of the molecule is [C-]#[N+]c1ncc(CC(=O)C2(n3cc(C)cn3)CCC2)cc1C(F)(F)F. The van der Waals surface area contributed by atoms with Gasteiger partial charge in [-0.3, -0.25) is 9.48 Å². The van der Waals surface area contributed by atoms with Gasteiger partial charge in [0.1, 0.15) is 11.7 Å². The predicted molar refractivity (Wildman–Crippen MR) is 83.0 cm³/mol. The molecule has 0 saturated heterocycles. The molecule has 1 fully saturated rings. The molecule has 0 unspecified atom stereocenters. The topological polar surface area (TPSA) is 52.1 Å². The Labute approximate surface area is 142 Å². The van der Waals surface area contributed by atoms with Gasteiger partial charge in [-0.15, -0.1) is 4.98 Å². The van der Waals surface area contributed by atoms with Gasteiger partial charge in [-0.05, 0) is 31.7 Å². The van der Waals surface area contributed by atoms with Crippen LogP contribution < -0.4 is 0 Å². The molecule has 25 heavy (non-hydrogen) atoms. The summed E-state index contributed by atoms with van der Waals surface area (Å²) >= 11 is 0. The van der Waals surface area contributed by atoms with Crippen LogP contribution in [0.15, 0.2) is 24.7 Å². The lowest BCUT2D eigenvalue weighted by Gasteiger charge is -2.40. The van der Waals surface area contributed by atoms with Crippen molar-refractivity contribution in [3.8, 4) is 0 Å². The molecule has 5 nitrogen and oxygen atoms in total. The molecule has 0 aliphatic heterocycles. The third-order valence-corrected chi connectivity index (χ3v) is 4.55. The van der Waals surface area contributed by atoms with Crippen LogP contribution in [-0.4, -0.2) is 20.5 Å². The van der Waals surface area contributed by atoms with E-state index in [2.05, 4.69) is 14.9 Å². The van der Waals surface area contributed by atoms with Crippen molar-refractivity contribution in [1.82, 2.24) is 14.8 Å². The van der Waals surface area contributed by atoms with Crippen molar-refractivity contribution >= 4 is 11.6 Å². The normalized spacial score (nSPS) is 16.1. The molecule has 8 heteroatoms. The number of halogens is 3. The minimum Gasteiger partial charge on any atom is -0.360 e. The first-order valence-corrected chi connectivity index (χ1v) is 7.75. The zero-order valence-electron chi connectivity index (χ0n) is 13.5. The van der Waals surface area contributed by atoms with Gasteiger partial charge in [0.05, 0.1) is 11.8 Å². The minimum absolute atomic E-state index is 0.153. The molecule has 0 aromatic carbocycles. The molecule has 130 valence electrons. The van der Waals surface area contributed by atoms with E-state index in [0.717, 1.165) is 18.1 Å². The third-order valence-electron chi connectivity index (χ3n) is 4.55. The first-order chi connectivity index (χ1) is 11.8. The summed E-state index contributed by atoms with van der Waals surface area (Å²) in [5.41, 5.74) is -0.822. The molecule has 0 amide bonds. The van der Waals surface area contributed by atoms with Crippen LogP contribution in [0.5, 0.6) is 0 Å². The van der Waals surface area contributed by atoms with Gasteiger partial charge in [0.25, 0.3) is 5.82 Å². The van der Waals surface area contributed by atoms with Crippen molar-refractivity contribution in [3.63, 3.8) is 0 Å². The highest BCUT2D eigenvalue weighted by Gasteiger charge is 2.46. The number of Topliss-reactive ketones (excluding diaryl/α,β-unsaturated/α-hetero) is 1. The molecule has 1 aliphatic rings. The molecule has 0 N–H and O–H groups in total. The van der Waals surface area contributed by atoms with Crippen molar-refractivity contribution in [1.29, 1.82) is 0 Å². The number of pyridine rings is 1. The van der Waals surface area contributed by atoms with Crippen LogP contribution in [0.1, 0.15) is 36.0 Å². The Morgan fingerprint density at radius 3 is 2.60 bits per heavy atom. The van der Waals surface area contributed by atoms with E-state index < -0.39 is 23.1 Å². The Bertz CT molecular complexity index is 860. The number of hydrogen-bond donors (Lipinski definition) is 0. The molecule has 1 aliphatic carbocycles. The molecule has 2 aromatic rings. The lowest BCUT2D eigenvalue weighted by molar-refractivity contribution is -0.137. The number of alkyl halides is 3. The fourth-order valence-electron chi connectivity index (χ4n) is 3.04. The summed E-state index contributed by atoms with van der Waals surface area (Å²) in [5.74, 6) is -0.892. The van der Waals surface area contributed by atoms with E-state index in [1.807, 2.05) is 6.92 Å². The molecule has 0 radical (unpaired) electrons. The molecule has 0 spiro atoms. The lowest BCUT2D eigenvalue weighted by Crippen LogP contribution is -2.49. The first kappa shape index (κ1) is 17.1. The highest BCUT2D eigenvalue weighted by molar-refractivity contribution is 5.89. The summed E-state index contributed by atoms with van der Waals surface area (Å²) in [6.45, 7) is 8.68. The van der Waals surface area contributed by atoms with Crippen molar-refractivity contribution in [2.45, 2.75) is 44.3 Å². The molecule has 3 rings (SSSR count). The summed E-state index contributed by atoms with van der Waals surface area (Å²) in [5, 5.41) is 4.22. The van der Waals surface area contributed by atoms with Crippen molar-refractivity contribution in [2.75, 3.05) is 0 Å². The number of rotatable bonds is 4. The predicted octanol–water partition coefficient (Wildman–Crippen LogP) is 3.85. The molecule has 0 atom stereocenters. The van der Waals surface area contributed by atoms with Crippen molar-refractivity contribution in [3.05, 3.63) is 52.8 Å². The highest BCUT2D eigenvalue weighted by atomic mass is 19.4. The summed E-state index contributed by atoms with van der Waals surface area (Å²) in [7, 11) is 0. The Hall–Kier alpha value is -2.69. The Kier molecular flexibility index (Phi) is 4.11. The molecular formula is C17H15F3N4O. The van der Waals surface area contributed by atoms with E-state index in [0.29, 0.717) is 12.8 Å². The summed E-state index contributed by atoms with van der Waals surface area (Å²) in [6.07, 6.45) is 1.85. The van der Waals surface area contributed by atoms with E-state index in [1.54, 1.807) is 17.1 Å². The van der Waals surface area contributed by atoms with Crippen LogP contribution in [-0.2, 0) is 22.9 Å². The van der Waals surface area contributed by atoms with E-state index in [9.17, 15) is 18.0 Å². The average Bonchev–Trinajstić information content (AvgIpc) is 2.92. The number of aromatic nitrogens is 3. The van der Waals surface area contributed by atoms with Crippen LogP contribution in [0.2, 0.25) is 0 Å². The van der Waals surface area contributed by atoms with Gasteiger partial charge < -0.3 is 4.85 Å². The fraction of sp³-hybridized carbons (Fsp3) is 0.412. The Morgan fingerprint density at radius 2 is 2.12 bits per heavy atom. The number of carbonyl (C=O) groups excluding carboxylic acids is 1. The summed E-state index contributed by atoms with van der Waals surface area (Å²) < 4.78 is 40.8. The van der Waals surface area contributed by atoms with E-state index >= 15 is 0 Å². The van der Waals surface area contributed by atoms with Crippen LogP contribution in [0.3, 0.4) is 0 Å². The molecule has 2 aromatic heterocycles. The second kappa shape index (κ2) is 5.99. The fourth-order valence-corrected chi connectivity index (χ4v) is 3.04. The smallest absolute Gasteiger partial charge is 0.360 e. The highest BCUT2D eigenvalue weighted by Crippen LogP contribution is 2.41. The lowest BCUT2D eigenvalue weighted by atomic mass is 9.72. The Balaban J connectivity index is 1.89. The molecule has 2 heterocycles.